The lowest BCUT2D eigenvalue weighted by molar-refractivity contribution is -0.271. The summed E-state index contributed by atoms with van der Waals surface area (Å²) in [6, 6.07) is -0.285. The molecule has 1 aliphatic heterocycles. The van der Waals surface area contributed by atoms with Crippen LogP contribution in [0.15, 0.2) is 18.5 Å². The first-order chi connectivity index (χ1) is 15.9. The highest BCUT2D eigenvalue weighted by atomic mass is 19.4. The van der Waals surface area contributed by atoms with Gasteiger partial charge in [0.05, 0.1) is 18.4 Å². The number of hydrogen-bond donors (Lipinski definition) is 5. The number of aliphatic hydroxyl groups is 1. The summed E-state index contributed by atoms with van der Waals surface area (Å²) in [5.74, 6) is -1.94. The Labute approximate surface area is 193 Å². The maximum absolute atomic E-state index is 13.2. The molecule has 3 rings (SSSR count). The number of carbonyl (C=O) groups excluding carboxylic acids is 3. The van der Waals surface area contributed by atoms with E-state index in [9.17, 15) is 32.7 Å². The molecule has 1 aromatic heterocycles. The number of amides is 3. The van der Waals surface area contributed by atoms with Crippen LogP contribution in [-0.2, 0) is 14.4 Å². The van der Waals surface area contributed by atoms with Crippen LogP contribution in [0.4, 0.5) is 18.9 Å². The van der Waals surface area contributed by atoms with Crippen molar-refractivity contribution < 1.29 is 32.7 Å². The van der Waals surface area contributed by atoms with E-state index >= 15 is 0 Å². The molecule has 0 spiro atoms. The number of halogens is 3. The van der Waals surface area contributed by atoms with Gasteiger partial charge in [0.25, 0.3) is 5.91 Å². The zero-order chi connectivity index (χ0) is 25.1. The first-order valence-electron chi connectivity index (χ1n) is 10.9. The highest BCUT2D eigenvalue weighted by Crippen LogP contribution is 2.41. The first-order valence-corrected chi connectivity index (χ1v) is 10.9. The molecule has 2 fully saturated rings. The Morgan fingerprint density at radius 2 is 2.03 bits per heavy atom. The van der Waals surface area contributed by atoms with Crippen LogP contribution in [0.1, 0.15) is 44.1 Å². The molecule has 1 saturated carbocycles. The number of nitrogens with one attached hydrogen (secondary N) is 3. The third-order valence-electron chi connectivity index (χ3n) is 6.24. The molecule has 3 amide bonds. The number of aromatic nitrogens is 1. The van der Waals surface area contributed by atoms with Gasteiger partial charge in [-0.25, -0.2) is 0 Å². The largest absolute Gasteiger partial charge is 0.417 e. The molecular weight excluding hydrogens is 457 g/mol. The number of nitrogens with zero attached hydrogens (tertiary/aromatic N) is 2. The first kappa shape index (κ1) is 25.4. The van der Waals surface area contributed by atoms with Gasteiger partial charge < -0.3 is 26.4 Å². The van der Waals surface area contributed by atoms with Gasteiger partial charge in [-0.05, 0) is 38.2 Å². The molecule has 2 aliphatic rings. The Balaban J connectivity index is 1.61. The second-order valence-electron chi connectivity index (χ2n) is 8.59. The topological polar surface area (TPSA) is 162 Å². The summed E-state index contributed by atoms with van der Waals surface area (Å²) in [7, 11) is 0. The second kappa shape index (κ2) is 9.95. The average Bonchev–Trinajstić information content (AvgIpc) is 3.27. The van der Waals surface area contributed by atoms with Gasteiger partial charge >= 0.3 is 6.18 Å². The van der Waals surface area contributed by atoms with Gasteiger partial charge in [0, 0.05) is 30.8 Å². The Morgan fingerprint density at radius 1 is 1.29 bits per heavy atom. The predicted molar refractivity (Wildman–Crippen MR) is 115 cm³/mol. The molecular formula is C21H27F3N6O4. The van der Waals surface area contributed by atoms with Gasteiger partial charge in [-0.2, -0.15) is 13.2 Å². The number of pyridine rings is 1. The molecule has 2 heterocycles. The van der Waals surface area contributed by atoms with Crippen molar-refractivity contribution >= 4 is 29.1 Å². The number of hydrogen-bond acceptors (Lipinski definition) is 7. The van der Waals surface area contributed by atoms with Crippen LogP contribution in [0.3, 0.4) is 0 Å². The van der Waals surface area contributed by atoms with E-state index in [1.54, 1.807) is 0 Å². The van der Waals surface area contributed by atoms with Crippen LogP contribution in [-0.4, -0.2) is 75.4 Å². The molecule has 1 aromatic rings. The summed E-state index contributed by atoms with van der Waals surface area (Å²) in [5.41, 5.74) is 2.27. The number of primary amides is 1. The summed E-state index contributed by atoms with van der Waals surface area (Å²) in [4.78, 5) is 42.2. The molecule has 0 bridgehead atoms. The molecule has 1 aliphatic carbocycles. The van der Waals surface area contributed by atoms with Crippen molar-refractivity contribution in [2.24, 2.45) is 5.73 Å². The molecule has 0 aromatic carbocycles. The predicted octanol–water partition coefficient (Wildman–Crippen LogP) is 0.690. The number of anilines is 1. The highest BCUT2D eigenvalue weighted by Gasteiger charge is 2.55. The van der Waals surface area contributed by atoms with E-state index in [1.165, 1.54) is 23.4 Å². The SMILES string of the molecule is N=C(C(N)=O)c1ccncc1NCC(=O)N1CCCC1C(=O)NC1CCCC(O)(C(F)(F)F)C1. The van der Waals surface area contributed by atoms with Gasteiger partial charge in [0.1, 0.15) is 11.8 Å². The number of likely N-dealkylation sites (tertiary alicyclic amines) is 1. The monoisotopic (exact) mass is 484 g/mol. The summed E-state index contributed by atoms with van der Waals surface area (Å²) < 4.78 is 39.6. The lowest BCUT2D eigenvalue weighted by Crippen LogP contribution is -2.56. The van der Waals surface area contributed by atoms with Gasteiger partial charge in [-0.3, -0.25) is 24.8 Å². The van der Waals surface area contributed by atoms with E-state index in [2.05, 4.69) is 15.6 Å². The van der Waals surface area contributed by atoms with Crippen molar-refractivity contribution in [2.45, 2.75) is 62.4 Å². The average molecular weight is 484 g/mol. The second-order valence-corrected chi connectivity index (χ2v) is 8.59. The van der Waals surface area contributed by atoms with Crippen LogP contribution < -0.4 is 16.4 Å². The van der Waals surface area contributed by atoms with Crippen LogP contribution in [0, 0.1) is 5.41 Å². The van der Waals surface area contributed by atoms with Gasteiger partial charge in [0.15, 0.2) is 5.60 Å². The standard InChI is InChI=1S/C21H27F3N6O4/c22-21(23,24)20(34)6-1-3-12(9-20)29-19(33)15-4-2-8-30(15)16(31)11-28-14-10-27-7-5-13(14)17(25)18(26)32/h5,7,10,12,15,25,28,34H,1-4,6,8-9,11H2,(H2,26,32)(H,29,33). The number of rotatable bonds is 7. The molecule has 34 heavy (non-hydrogen) atoms. The fourth-order valence-electron chi connectivity index (χ4n) is 4.43. The summed E-state index contributed by atoms with van der Waals surface area (Å²) in [6.07, 6.45) is -1.79. The Kier molecular flexibility index (Phi) is 7.44. The number of alkyl halides is 3. The smallest absolute Gasteiger partial charge is 0.380 e. The van der Waals surface area contributed by atoms with Crippen molar-refractivity contribution in [3.05, 3.63) is 24.0 Å². The van der Waals surface area contributed by atoms with E-state index in [4.69, 9.17) is 11.1 Å². The van der Waals surface area contributed by atoms with E-state index in [1.807, 2.05) is 0 Å². The van der Waals surface area contributed by atoms with Crippen molar-refractivity contribution in [3.8, 4) is 0 Å². The maximum Gasteiger partial charge on any atom is 0.417 e. The van der Waals surface area contributed by atoms with Crippen molar-refractivity contribution in [1.82, 2.24) is 15.2 Å². The lowest BCUT2D eigenvalue weighted by Gasteiger charge is -2.38. The highest BCUT2D eigenvalue weighted by molar-refractivity contribution is 6.44. The van der Waals surface area contributed by atoms with E-state index in [-0.39, 0.29) is 24.2 Å². The van der Waals surface area contributed by atoms with Crippen molar-refractivity contribution in [1.29, 1.82) is 5.41 Å². The minimum Gasteiger partial charge on any atom is -0.380 e. The summed E-state index contributed by atoms with van der Waals surface area (Å²) >= 11 is 0. The van der Waals surface area contributed by atoms with E-state index in [0.29, 0.717) is 25.8 Å². The summed E-state index contributed by atoms with van der Waals surface area (Å²) in [5, 5.41) is 23.1. The lowest BCUT2D eigenvalue weighted by atomic mass is 9.81. The molecule has 1 saturated heterocycles. The summed E-state index contributed by atoms with van der Waals surface area (Å²) in [6.45, 7) is 0.0402. The maximum atomic E-state index is 13.2. The molecule has 6 N–H and O–H groups in total. The third kappa shape index (κ3) is 5.46. The van der Waals surface area contributed by atoms with Crippen molar-refractivity contribution in [2.75, 3.05) is 18.4 Å². The minimum atomic E-state index is -4.78. The normalized spacial score (nSPS) is 25.0. The third-order valence-corrected chi connectivity index (χ3v) is 6.24. The van der Waals surface area contributed by atoms with Gasteiger partial charge in [-0.15, -0.1) is 0 Å². The van der Waals surface area contributed by atoms with Gasteiger partial charge in [0.2, 0.25) is 11.8 Å². The Bertz CT molecular complexity index is 972. The van der Waals surface area contributed by atoms with Crippen LogP contribution in [0.5, 0.6) is 0 Å². The number of nitrogens with two attached hydrogens (primary N) is 1. The Morgan fingerprint density at radius 3 is 2.71 bits per heavy atom. The van der Waals surface area contributed by atoms with E-state index < -0.39 is 60.1 Å². The zero-order valence-electron chi connectivity index (χ0n) is 18.3. The van der Waals surface area contributed by atoms with Crippen LogP contribution in [0.2, 0.25) is 0 Å². The van der Waals surface area contributed by atoms with Crippen LogP contribution in [0.25, 0.3) is 0 Å². The van der Waals surface area contributed by atoms with Crippen LogP contribution >= 0.6 is 0 Å². The molecule has 10 nitrogen and oxygen atoms in total. The van der Waals surface area contributed by atoms with E-state index in [0.717, 1.165) is 0 Å². The molecule has 0 radical (unpaired) electrons. The molecule has 13 heteroatoms. The Hall–Kier alpha value is -3.22. The molecule has 186 valence electrons. The number of carbonyl (C=O) groups is 3. The zero-order valence-corrected chi connectivity index (χ0v) is 18.3. The fourth-order valence-corrected chi connectivity index (χ4v) is 4.43. The van der Waals surface area contributed by atoms with Gasteiger partial charge in [-0.1, -0.05) is 0 Å². The van der Waals surface area contributed by atoms with Crippen molar-refractivity contribution in [3.63, 3.8) is 0 Å². The molecule has 3 unspecified atom stereocenters. The fraction of sp³-hybridized carbons (Fsp3) is 0.571. The molecule has 3 atom stereocenters. The quantitative estimate of drug-likeness (QED) is 0.358. The minimum absolute atomic E-state index is 0.117.